The molecule has 0 aliphatic carbocycles. The Hall–Kier alpha value is -2.99. The summed E-state index contributed by atoms with van der Waals surface area (Å²) in [5.41, 5.74) is 4.52. The Morgan fingerprint density at radius 1 is 0.967 bits per heavy atom. The van der Waals surface area contributed by atoms with Gasteiger partial charge in [0.1, 0.15) is 11.3 Å². The number of fused-ring (bicyclic) bond motifs is 1. The van der Waals surface area contributed by atoms with Crippen LogP contribution in [0.5, 0.6) is 17.2 Å². The maximum Gasteiger partial charge on any atom is 0.336 e. The van der Waals surface area contributed by atoms with Crippen molar-refractivity contribution >= 4 is 11.0 Å². The van der Waals surface area contributed by atoms with E-state index < -0.39 is 5.63 Å². The van der Waals surface area contributed by atoms with Crippen molar-refractivity contribution in [3.63, 3.8) is 0 Å². The molecule has 1 heterocycles. The topological polar surface area (TPSA) is 72.1 Å². The number of hydrogen-bond donors (Lipinski definition) is 1. The summed E-state index contributed by atoms with van der Waals surface area (Å²) >= 11 is 0. The highest BCUT2D eigenvalue weighted by Crippen LogP contribution is 2.34. The van der Waals surface area contributed by atoms with Gasteiger partial charge in [0.05, 0.1) is 19.8 Å². The summed E-state index contributed by atoms with van der Waals surface area (Å²) in [7, 11) is 5.20. The Balaban J connectivity index is 2.00. The number of hydrogen-bond acceptors (Lipinski definition) is 6. The molecular formula is C24H29NO5. The minimum atomic E-state index is -0.414. The van der Waals surface area contributed by atoms with Crippen LogP contribution >= 0.6 is 0 Å². The predicted molar refractivity (Wildman–Crippen MR) is 118 cm³/mol. The van der Waals surface area contributed by atoms with Gasteiger partial charge in [-0.15, -0.1) is 0 Å². The molecule has 2 aromatic carbocycles. The standard InChI is InChI=1S/C24H29NO5/c1-7-16-10-18-15(3)9-22(26)30-24(18)19(23(16)27)13-25(4)12-17-11-21(29-6)20(28-5)8-14(17)2/h8-11,27H,7,12-13H2,1-6H3. The molecular weight excluding hydrogens is 382 g/mol. The number of rotatable bonds is 7. The van der Waals surface area contributed by atoms with Crippen LogP contribution in [0.4, 0.5) is 0 Å². The average Bonchev–Trinajstić information content (AvgIpc) is 2.71. The van der Waals surface area contributed by atoms with E-state index in [2.05, 4.69) is 4.90 Å². The van der Waals surface area contributed by atoms with Crippen molar-refractivity contribution in [2.45, 2.75) is 40.3 Å². The van der Waals surface area contributed by atoms with Crippen molar-refractivity contribution in [2.24, 2.45) is 0 Å². The Kier molecular flexibility index (Phi) is 6.37. The Morgan fingerprint density at radius 2 is 1.63 bits per heavy atom. The minimum absolute atomic E-state index is 0.189. The zero-order valence-electron chi connectivity index (χ0n) is 18.5. The van der Waals surface area contributed by atoms with Crippen LogP contribution in [0.3, 0.4) is 0 Å². The maximum absolute atomic E-state index is 12.0. The highest BCUT2D eigenvalue weighted by atomic mass is 16.5. The van der Waals surface area contributed by atoms with Crippen LogP contribution in [-0.4, -0.2) is 31.3 Å². The maximum atomic E-state index is 12.0. The van der Waals surface area contributed by atoms with E-state index in [4.69, 9.17) is 13.9 Å². The molecule has 0 bridgehead atoms. The molecule has 160 valence electrons. The Labute approximate surface area is 176 Å². The van der Waals surface area contributed by atoms with E-state index in [1.165, 1.54) is 6.07 Å². The smallest absolute Gasteiger partial charge is 0.336 e. The quantitative estimate of drug-likeness (QED) is 0.584. The van der Waals surface area contributed by atoms with E-state index >= 15 is 0 Å². The molecule has 0 fully saturated rings. The molecule has 0 saturated carbocycles. The second kappa shape index (κ2) is 8.79. The minimum Gasteiger partial charge on any atom is -0.507 e. The zero-order valence-corrected chi connectivity index (χ0v) is 18.5. The molecule has 0 aliphatic rings. The molecule has 3 rings (SSSR count). The van der Waals surface area contributed by atoms with E-state index in [0.717, 1.165) is 27.6 Å². The molecule has 0 atom stereocenters. The molecule has 3 aromatic rings. The van der Waals surface area contributed by atoms with Crippen molar-refractivity contribution in [1.82, 2.24) is 4.90 Å². The second-order valence-electron chi connectivity index (χ2n) is 7.65. The molecule has 6 nitrogen and oxygen atoms in total. The van der Waals surface area contributed by atoms with Gasteiger partial charge in [-0.25, -0.2) is 4.79 Å². The van der Waals surface area contributed by atoms with Crippen LogP contribution in [0.25, 0.3) is 11.0 Å². The van der Waals surface area contributed by atoms with Gasteiger partial charge in [-0.2, -0.15) is 0 Å². The summed E-state index contributed by atoms with van der Waals surface area (Å²) < 4.78 is 16.3. The van der Waals surface area contributed by atoms with E-state index in [1.807, 2.05) is 46.0 Å². The van der Waals surface area contributed by atoms with Gasteiger partial charge in [0.15, 0.2) is 11.5 Å². The van der Waals surface area contributed by atoms with Crippen molar-refractivity contribution in [2.75, 3.05) is 21.3 Å². The monoisotopic (exact) mass is 411 g/mol. The first kappa shape index (κ1) is 21.7. The summed E-state index contributed by atoms with van der Waals surface area (Å²) in [6, 6.07) is 7.31. The lowest BCUT2D eigenvalue weighted by Crippen LogP contribution is -2.19. The number of phenols is 1. The molecule has 1 N–H and O–H groups in total. The zero-order chi connectivity index (χ0) is 22.0. The average molecular weight is 411 g/mol. The molecule has 0 radical (unpaired) electrons. The number of phenolic OH excluding ortho intramolecular Hbond substituents is 1. The predicted octanol–water partition coefficient (Wildman–Crippen LogP) is 4.33. The fourth-order valence-electron chi connectivity index (χ4n) is 3.79. The highest BCUT2D eigenvalue weighted by molar-refractivity contribution is 5.86. The van der Waals surface area contributed by atoms with E-state index in [-0.39, 0.29) is 5.75 Å². The molecule has 6 heteroatoms. The van der Waals surface area contributed by atoms with E-state index in [1.54, 1.807) is 14.2 Å². The second-order valence-corrected chi connectivity index (χ2v) is 7.65. The molecule has 30 heavy (non-hydrogen) atoms. The molecule has 1 aromatic heterocycles. The van der Waals surface area contributed by atoms with E-state index in [9.17, 15) is 9.90 Å². The molecule has 0 saturated heterocycles. The van der Waals surface area contributed by atoms with Crippen LogP contribution < -0.4 is 15.1 Å². The largest absolute Gasteiger partial charge is 0.507 e. The van der Waals surface area contributed by atoms with Gasteiger partial charge in [-0.3, -0.25) is 4.90 Å². The van der Waals surface area contributed by atoms with Gasteiger partial charge in [0.2, 0.25) is 0 Å². The first-order valence-corrected chi connectivity index (χ1v) is 9.97. The van der Waals surface area contributed by atoms with Gasteiger partial charge >= 0.3 is 5.63 Å². The number of benzene rings is 2. The third kappa shape index (κ3) is 4.14. The molecule has 0 spiro atoms. The lowest BCUT2D eigenvalue weighted by atomic mass is 9.99. The molecule has 0 unspecified atom stereocenters. The number of methoxy groups -OCH3 is 2. The van der Waals surface area contributed by atoms with E-state index in [0.29, 0.717) is 42.2 Å². The lowest BCUT2D eigenvalue weighted by molar-refractivity contribution is 0.308. The number of ether oxygens (including phenoxy) is 2. The summed E-state index contributed by atoms with van der Waals surface area (Å²) in [5.74, 6) is 1.56. The summed E-state index contributed by atoms with van der Waals surface area (Å²) in [4.78, 5) is 14.1. The van der Waals surface area contributed by atoms with Crippen LogP contribution in [0.15, 0.2) is 33.5 Å². The van der Waals surface area contributed by atoms with Crippen molar-refractivity contribution in [1.29, 1.82) is 0 Å². The molecule has 0 aliphatic heterocycles. The SMILES string of the molecule is CCc1cc2c(C)cc(=O)oc2c(CN(C)Cc2cc(OC)c(OC)cc2C)c1O. The van der Waals surface area contributed by atoms with Crippen LogP contribution in [0.2, 0.25) is 0 Å². The fourth-order valence-corrected chi connectivity index (χ4v) is 3.79. The Bertz CT molecular complexity index is 1130. The van der Waals surface area contributed by atoms with Crippen molar-refractivity contribution in [3.05, 3.63) is 62.5 Å². The third-order valence-corrected chi connectivity index (χ3v) is 5.48. The van der Waals surface area contributed by atoms with Gasteiger partial charge in [-0.1, -0.05) is 6.92 Å². The van der Waals surface area contributed by atoms with Gasteiger partial charge in [0.25, 0.3) is 0 Å². The van der Waals surface area contributed by atoms with Crippen molar-refractivity contribution in [3.8, 4) is 17.2 Å². The summed E-state index contributed by atoms with van der Waals surface area (Å²) in [5, 5.41) is 11.7. The summed E-state index contributed by atoms with van der Waals surface area (Å²) in [6.07, 6.45) is 0.686. The van der Waals surface area contributed by atoms with Crippen LogP contribution in [0.1, 0.15) is 34.7 Å². The highest BCUT2D eigenvalue weighted by Gasteiger charge is 2.18. The first-order chi connectivity index (χ1) is 14.3. The van der Waals surface area contributed by atoms with Crippen LogP contribution in [0, 0.1) is 13.8 Å². The number of aromatic hydroxyl groups is 1. The first-order valence-electron chi connectivity index (χ1n) is 9.97. The fraction of sp³-hybridized carbons (Fsp3) is 0.375. The normalized spacial score (nSPS) is 11.3. The van der Waals surface area contributed by atoms with Gasteiger partial charge < -0.3 is 19.0 Å². The van der Waals surface area contributed by atoms with Crippen molar-refractivity contribution < 1.29 is 19.0 Å². The number of aryl methyl sites for hydroxylation is 3. The third-order valence-electron chi connectivity index (χ3n) is 5.48. The van der Waals surface area contributed by atoms with Gasteiger partial charge in [-0.05, 0) is 67.8 Å². The Morgan fingerprint density at radius 3 is 2.27 bits per heavy atom. The molecule has 0 amide bonds. The van der Waals surface area contributed by atoms with Gasteiger partial charge in [0, 0.05) is 24.5 Å². The number of nitrogens with zero attached hydrogens (tertiary/aromatic N) is 1. The van der Waals surface area contributed by atoms with Crippen LogP contribution in [-0.2, 0) is 19.5 Å². The lowest BCUT2D eigenvalue weighted by Gasteiger charge is -2.21. The summed E-state index contributed by atoms with van der Waals surface area (Å²) in [6.45, 7) is 6.96.